The van der Waals surface area contributed by atoms with Gasteiger partial charge in [0.2, 0.25) is 2.86 Å². The molecule has 0 saturated heterocycles. The standard InChI is InChI=1S/C5H13N3.H2O/c1-7(2)5(6)8(3)4;/h6H,1-4H3;1H2/i/hD2. The minimum Gasteiger partial charge on any atom is -0.412 e. The van der Waals surface area contributed by atoms with Crippen LogP contribution in [-0.2, 0) is 0 Å². The maximum Gasteiger partial charge on any atom is 0.206 e. The molecule has 0 spiro atoms. The lowest BCUT2D eigenvalue weighted by Crippen LogP contribution is -2.34. The smallest absolute Gasteiger partial charge is 0.206 e. The molecule has 0 aromatic heterocycles. The van der Waals surface area contributed by atoms with Crippen LogP contribution in [0.1, 0.15) is 0 Å². The highest BCUT2D eigenvalue weighted by molar-refractivity contribution is 5.75. The van der Waals surface area contributed by atoms with Gasteiger partial charge in [0.15, 0.2) is 5.96 Å². The fourth-order valence-corrected chi connectivity index (χ4v) is 0.400. The molecule has 0 heterocycles. The van der Waals surface area contributed by atoms with Crippen molar-refractivity contribution in [2.24, 2.45) is 0 Å². The quantitative estimate of drug-likeness (QED) is 0.350. The Bertz CT molecular complexity index is 97.9. The number of hydrogen-bond donors (Lipinski definition) is 1. The predicted molar refractivity (Wildman–Crippen MR) is 38.7 cm³/mol. The molecule has 3 N–H and O–H groups in total. The summed E-state index contributed by atoms with van der Waals surface area (Å²) in [6.45, 7) is 0. The lowest BCUT2D eigenvalue weighted by atomic mass is 10.7. The molecule has 4 nitrogen and oxygen atoms in total. The molecule has 0 aliphatic heterocycles. The van der Waals surface area contributed by atoms with E-state index in [0.29, 0.717) is 5.96 Å². The van der Waals surface area contributed by atoms with E-state index in [2.05, 4.69) is 5.48 Å². The zero-order valence-corrected chi connectivity index (χ0v) is 6.30. The van der Waals surface area contributed by atoms with Crippen LogP contribution in [0.3, 0.4) is 0 Å². The zero-order valence-electron chi connectivity index (χ0n) is 8.30. The van der Waals surface area contributed by atoms with Gasteiger partial charge in [-0.25, -0.2) is 0 Å². The van der Waals surface area contributed by atoms with Gasteiger partial charge in [-0.2, -0.15) is 0 Å². The van der Waals surface area contributed by atoms with Gasteiger partial charge in [-0.1, -0.05) is 0 Å². The molecule has 0 atom stereocenters. The molecule has 4 heteroatoms. The third-order valence-corrected chi connectivity index (χ3v) is 0.847. The van der Waals surface area contributed by atoms with E-state index in [-0.39, 0.29) is 0 Å². The molecule has 0 unspecified atom stereocenters. The molecular weight excluding hydrogens is 118 g/mol. The Labute approximate surface area is 58.9 Å². The van der Waals surface area contributed by atoms with Crippen molar-refractivity contribution in [1.29, 1.82) is 8.27 Å². The second-order valence-electron chi connectivity index (χ2n) is 2.11. The Morgan fingerprint density at radius 3 is 1.56 bits per heavy atom. The number of nitrogens with zero attached hydrogens (tertiary/aromatic N) is 2. The van der Waals surface area contributed by atoms with Gasteiger partial charge in [0.1, 0.15) is 0 Å². The third kappa shape index (κ3) is 3.78. The Kier molecular flexibility index (Phi) is 2.92. The first-order chi connectivity index (χ1) is 4.97. The minimum atomic E-state index is 0.519. The normalized spacial score (nSPS) is 9.78. The van der Waals surface area contributed by atoms with E-state index in [9.17, 15) is 0 Å². The van der Waals surface area contributed by atoms with Crippen molar-refractivity contribution in [3.63, 3.8) is 0 Å². The molecule has 0 saturated carbocycles. The van der Waals surface area contributed by atoms with Crippen molar-refractivity contribution < 1.29 is 5.48 Å². The van der Waals surface area contributed by atoms with E-state index in [1.807, 2.05) is 28.2 Å². The van der Waals surface area contributed by atoms with Crippen molar-refractivity contribution in [2.75, 3.05) is 28.2 Å². The first kappa shape index (κ1) is 6.35. The summed E-state index contributed by atoms with van der Waals surface area (Å²) in [6.07, 6.45) is 0. The van der Waals surface area contributed by atoms with Crippen molar-refractivity contribution in [1.82, 2.24) is 9.80 Å². The molecule has 0 aromatic carbocycles. The number of nitrogens with one attached hydrogen (secondary N) is 1. The van der Waals surface area contributed by atoms with Crippen LogP contribution in [0.4, 0.5) is 0 Å². The van der Waals surface area contributed by atoms with Gasteiger partial charge in [0.05, 0.1) is 0 Å². The summed E-state index contributed by atoms with van der Waals surface area (Å²) in [5.41, 5.74) is 2.75. The van der Waals surface area contributed by atoms with Crippen LogP contribution in [0.25, 0.3) is 0 Å². The summed E-state index contributed by atoms with van der Waals surface area (Å²) < 4.78 is 10.8. The van der Waals surface area contributed by atoms with Crippen LogP contribution >= 0.6 is 0 Å². The molecule has 56 valence electrons. The van der Waals surface area contributed by atoms with Crippen LogP contribution in [0.15, 0.2) is 0 Å². The average Bonchev–Trinajstić information content (AvgIpc) is 1.87. The van der Waals surface area contributed by atoms with Crippen molar-refractivity contribution in [3.8, 4) is 0 Å². The first-order valence-corrected chi connectivity index (χ1v) is 2.49. The van der Waals surface area contributed by atoms with Gasteiger partial charge in [-0.15, -0.1) is 0 Å². The summed E-state index contributed by atoms with van der Waals surface area (Å²) in [5, 5.41) is 7.25. The lowest BCUT2D eigenvalue weighted by Gasteiger charge is -2.19. The van der Waals surface area contributed by atoms with E-state index < -0.39 is 0 Å². The van der Waals surface area contributed by atoms with Crippen molar-refractivity contribution >= 4 is 5.96 Å². The molecular formula is C5H15N3O. The Morgan fingerprint density at radius 2 is 1.56 bits per heavy atom. The number of guanidine groups is 1. The van der Waals surface area contributed by atoms with Crippen LogP contribution < -0.4 is 0 Å². The summed E-state index contributed by atoms with van der Waals surface area (Å²) in [4.78, 5) is 3.50. The van der Waals surface area contributed by atoms with Crippen LogP contribution in [0.5, 0.6) is 0 Å². The fourth-order valence-electron chi connectivity index (χ4n) is 0.400. The van der Waals surface area contributed by atoms with Gasteiger partial charge < -0.3 is 15.3 Å². The Morgan fingerprint density at radius 1 is 1.33 bits per heavy atom. The lowest BCUT2D eigenvalue weighted by molar-refractivity contribution is 0.478. The van der Waals surface area contributed by atoms with E-state index in [4.69, 9.17) is 8.27 Å². The molecule has 0 aromatic rings. The van der Waals surface area contributed by atoms with E-state index >= 15 is 0 Å². The molecule has 0 aliphatic rings. The zero-order chi connectivity index (χ0) is 9.44. The number of hydrogen-bond acceptors (Lipinski definition) is 1. The maximum absolute atomic E-state index is 7.25. The van der Waals surface area contributed by atoms with Crippen molar-refractivity contribution in [2.45, 2.75) is 0 Å². The Hall–Kier alpha value is -0.770. The third-order valence-electron chi connectivity index (χ3n) is 0.847. The SMILES string of the molecule is CN(C)C(=N)N(C)C.[2H]O[2H]. The van der Waals surface area contributed by atoms with Crippen LogP contribution in [-0.4, -0.2) is 52.3 Å². The monoisotopic (exact) mass is 135 g/mol. The summed E-state index contributed by atoms with van der Waals surface area (Å²) in [5.74, 6) is 0.519. The van der Waals surface area contributed by atoms with Crippen LogP contribution in [0.2, 0.25) is 0 Å². The summed E-state index contributed by atoms with van der Waals surface area (Å²) in [6, 6.07) is 0. The highest BCUT2D eigenvalue weighted by Crippen LogP contribution is 1.80. The summed E-state index contributed by atoms with van der Waals surface area (Å²) in [7, 11) is 7.40. The molecule has 0 bridgehead atoms. The largest absolute Gasteiger partial charge is 0.412 e. The van der Waals surface area contributed by atoms with Gasteiger partial charge in [0.25, 0.3) is 0 Å². The predicted octanol–water partition coefficient (Wildman–Crippen LogP) is -0.780. The average molecular weight is 135 g/mol. The number of rotatable bonds is 0. The van der Waals surface area contributed by atoms with E-state index in [1.54, 1.807) is 9.80 Å². The molecule has 0 radical (unpaired) electrons. The molecule has 0 amide bonds. The van der Waals surface area contributed by atoms with Crippen LogP contribution in [0, 0.1) is 5.41 Å². The highest BCUT2D eigenvalue weighted by Gasteiger charge is 1.97. The Balaban J connectivity index is 0. The van der Waals surface area contributed by atoms with E-state index in [0.717, 1.165) is 0 Å². The van der Waals surface area contributed by atoms with Gasteiger partial charge in [-0.05, 0) is 0 Å². The highest BCUT2D eigenvalue weighted by atomic mass is 16.0. The first-order valence-electron chi connectivity index (χ1n) is 3.30. The molecule has 9 heavy (non-hydrogen) atoms. The van der Waals surface area contributed by atoms with Crippen molar-refractivity contribution in [3.05, 3.63) is 0 Å². The molecule has 0 rings (SSSR count). The topological polar surface area (TPSA) is 61.8 Å². The van der Waals surface area contributed by atoms with Gasteiger partial charge in [0, 0.05) is 28.2 Å². The van der Waals surface area contributed by atoms with Gasteiger partial charge in [-0.3, -0.25) is 5.41 Å². The summed E-state index contributed by atoms with van der Waals surface area (Å²) >= 11 is 0. The second kappa shape index (κ2) is 4.14. The maximum atomic E-state index is 7.25. The molecule has 0 fully saturated rings. The minimum absolute atomic E-state index is 0.519. The second-order valence-corrected chi connectivity index (χ2v) is 2.11. The fraction of sp³-hybridized carbons (Fsp3) is 0.800. The van der Waals surface area contributed by atoms with E-state index in [1.165, 1.54) is 0 Å². The molecule has 0 aliphatic carbocycles. The van der Waals surface area contributed by atoms with Gasteiger partial charge >= 0.3 is 0 Å².